The van der Waals surface area contributed by atoms with Crippen LogP contribution in [-0.2, 0) is 6.18 Å². The highest BCUT2D eigenvalue weighted by atomic mass is 79.9. The Morgan fingerprint density at radius 3 is 2.00 bits per heavy atom. The third kappa shape index (κ3) is 2.16. The van der Waals surface area contributed by atoms with Gasteiger partial charge in [0.25, 0.3) is 0 Å². The Balaban J connectivity index is 3.13. The number of halogens is 5. The van der Waals surface area contributed by atoms with Crippen LogP contribution in [0.3, 0.4) is 0 Å². The van der Waals surface area contributed by atoms with Gasteiger partial charge >= 0.3 is 6.18 Å². The topological polar surface area (TPSA) is 12.9 Å². The zero-order valence-electron chi connectivity index (χ0n) is 4.75. The predicted octanol–water partition coefficient (Wildman–Crippen LogP) is 3.69. The minimum absolute atomic E-state index is 0.165. The predicted molar refractivity (Wildman–Crippen MR) is 42.5 cm³/mol. The molecule has 1 rings (SSSR count). The summed E-state index contributed by atoms with van der Waals surface area (Å²) in [5, 5.41) is 0. The van der Waals surface area contributed by atoms with Gasteiger partial charge in [0.05, 0.1) is 0 Å². The molecule has 0 saturated heterocycles. The number of rotatable bonds is 0. The molecule has 0 aliphatic heterocycles. The molecule has 0 aromatic carbocycles. The Hall–Kier alpha value is 0.380. The fourth-order valence-corrected chi connectivity index (χ4v) is 2.67. The van der Waals surface area contributed by atoms with E-state index in [0.717, 1.165) is 0 Å². The van der Waals surface area contributed by atoms with Crippen LogP contribution in [0.1, 0.15) is 4.88 Å². The summed E-state index contributed by atoms with van der Waals surface area (Å²) in [6.45, 7) is 0. The van der Waals surface area contributed by atoms with Crippen LogP contribution in [0.15, 0.2) is 8.52 Å². The standard InChI is InChI=1S/C4Br2F3NS/c5-2-1(4(7,8)9)11-3(6)10-2. The Morgan fingerprint density at radius 2 is 1.82 bits per heavy atom. The lowest BCUT2D eigenvalue weighted by Crippen LogP contribution is -2.02. The SMILES string of the molecule is FC(F)(F)c1sc(Br)nc1Br. The van der Waals surface area contributed by atoms with E-state index in [1.165, 1.54) is 0 Å². The number of aromatic nitrogens is 1. The van der Waals surface area contributed by atoms with Crippen molar-refractivity contribution >= 4 is 43.2 Å². The summed E-state index contributed by atoms with van der Waals surface area (Å²) in [5.74, 6) is 0. The van der Waals surface area contributed by atoms with Gasteiger partial charge in [-0.15, -0.1) is 11.3 Å². The summed E-state index contributed by atoms with van der Waals surface area (Å²) in [5.41, 5.74) is 0. The molecule has 1 aromatic rings. The first-order valence-corrected chi connectivity index (χ1v) is 4.70. The molecular weight excluding hydrogens is 311 g/mol. The van der Waals surface area contributed by atoms with Crippen molar-refractivity contribution in [2.24, 2.45) is 0 Å². The molecule has 1 heterocycles. The maximum absolute atomic E-state index is 12.0. The average Bonchev–Trinajstić information content (AvgIpc) is 2.08. The van der Waals surface area contributed by atoms with Crippen LogP contribution in [-0.4, -0.2) is 4.98 Å². The maximum atomic E-state index is 12.0. The molecule has 0 atom stereocenters. The van der Waals surface area contributed by atoms with E-state index in [-0.39, 0.29) is 8.52 Å². The van der Waals surface area contributed by atoms with Gasteiger partial charge in [0.2, 0.25) is 0 Å². The summed E-state index contributed by atoms with van der Waals surface area (Å²) < 4.78 is 36.0. The van der Waals surface area contributed by atoms with Crippen LogP contribution >= 0.6 is 43.2 Å². The number of thiazole rings is 1. The number of alkyl halides is 3. The molecule has 0 N–H and O–H groups in total. The molecule has 7 heteroatoms. The third-order valence-electron chi connectivity index (χ3n) is 0.817. The molecule has 0 bridgehead atoms. The molecular formula is C4Br2F3NS. The van der Waals surface area contributed by atoms with E-state index in [9.17, 15) is 13.2 Å². The van der Waals surface area contributed by atoms with E-state index in [0.29, 0.717) is 11.3 Å². The monoisotopic (exact) mass is 309 g/mol. The molecule has 0 amide bonds. The molecule has 0 saturated carbocycles. The second-order valence-electron chi connectivity index (χ2n) is 1.58. The minimum atomic E-state index is -4.32. The van der Waals surface area contributed by atoms with Gasteiger partial charge in [-0.2, -0.15) is 13.2 Å². The Morgan fingerprint density at radius 1 is 1.27 bits per heavy atom. The van der Waals surface area contributed by atoms with Crippen LogP contribution in [0, 0.1) is 0 Å². The second kappa shape index (κ2) is 3.02. The van der Waals surface area contributed by atoms with Gasteiger partial charge in [0.15, 0.2) is 3.92 Å². The van der Waals surface area contributed by atoms with E-state index in [4.69, 9.17) is 0 Å². The Bertz CT molecular complexity index is 269. The quantitative estimate of drug-likeness (QED) is 0.712. The van der Waals surface area contributed by atoms with Crippen molar-refractivity contribution in [1.82, 2.24) is 4.98 Å². The van der Waals surface area contributed by atoms with Crippen molar-refractivity contribution in [3.63, 3.8) is 0 Å². The number of nitrogens with zero attached hydrogens (tertiary/aromatic N) is 1. The van der Waals surface area contributed by atoms with Crippen molar-refractivity contribution in [3.8, 4) is 0 Å². The zero-order chi connectivity index (χ0) is 8.65. The fourth-order valence-electron chi connectivity index (χ4n) is 0.452. The fraction of sp³-hybridized carbons (Fsp3) is 0.250. The Kier molecular flexibility index (Phi) is 2.60. The van der Waals surface area contributed by atoms with Gasteiger partial charge in [-0.3, -0.25) is 0 Å². The zero-order valence-corrected chi connectivity index (χ0v) is 8.73. The molecule has 0 aliphatic rings. The summed E-state index contributed by atoms with van der Waals surface area (Å²) >= 11 is 6.11. The van der Waals surface area contributed by atoms with E-state index in [1.807, 2.05) is 0 Å². The molecule has 11 heavy (non-hydrogen) atoms. The lowest BCUT2D eigenvalue weighted by atomic mass is 10.5. The minimum Gasteiger partial charge on any atom is -0.222 e. The normalized spacial score (nSPS) is 12.1. The first kappa shape index (κ1) is 9.47. The van der Waals surface area contributed by atoms with E-state index in [1.54, 1.807) is 0 Å². The molecule has 1 nitrogen and oxygen atoms in total. The van der Waals surface area contributed by atoms with Crippen molar-refractivity contribution in [1.29, 1.82) is 0 Å². The highest BCUT2D eigenvalue weighted by molar-refractivity contribution is 9.11. The van der Waals surface area contributed by atoms with Gasteiger partial charge in [-0.25, -0.2) is 4.98 Å². The van der Waals surface area contributed by atoms with Crippen molar-refractivity contribution in [3.05, 3.63) is 13.4 Å². The Labute approximate surface area is 80.9 Å². The maximum Gasteiger partial charge on any atom is 0.428 e. The van der Waals surface area contributed by atoms with E-state index in [2.05, 4.69) is 36.8 Å². The molecule has 0 fully saturated rings. The van der Waals surface area contributed by atoms with Crippen molar-refractivity contribution < 1.29 is 13.2 Å². The van der Waals surface area contributed by atoms with Gasteiger partial charge in [0, 0.05) is 0 Å². The molecule has 0 spiro atoms. The molecule has 62 valence electrons. The number of hydrogen-bond acceptors (Lipinski definition) is 2. The highest BCUT2D eigenvalue weighted by Gasteiger charge is 2.36. The van der Waals surface area contributed by atoms with Gasteiger partial charge in [-0.05, 0) is 31.9 Å². The summed E-state index contributed by atoms with van der Waals surface area (Å²) in [7, 11) is 0. The molecule has 0 radical (unpaired) electrons. The molecule has 1 aromatic heterocycles. The van der Waals surface area contributed by atoms with Crippen molar-refractivity contribution in [2.45, 2.75) is 6.18 Å². The number of hydrogen-bond donors (Lipinski definition) is 0. The van der Waals surface area contributed by atoms with Crippen LogP contribution in [0.5, 0.6) is 0 Å². The van der Waals surface area contributed by atoms with E-state index >= 15 is 0 Å². The third-order valence-corrected chi connectivity index (χ3v) is 3.21. The summed E-state index contributed by atoms with van der Waals surface area (Å²) in [6, 6.07) is 0. The summed E-state index contributed by atoms with van der Waals surface area (Å²) in [4.78, 5) is 2.79. The van der Waals surface area contributed by atoms with Gasteiger partial charge < -0.3 is 0 Å². The largest absolute Gasteiger partial charge is 0.428 e. The highest BCUT2D eigenvalue weighted by Crippen LogP contribution is 2.40. The first-order valence-electron chi connectivity index (χ1n) is 2.30. The van der Waals surface area contributed by atoms with Crippen molar-refractivity contribution in [2.75, 3.05) is 0 Å². The average molecular weight is 311 g/mol. The molecule has 0 unspecified atom stereocenters. The lowest BCUT2D eigenvalue weighted by molar-refractivity contribution is -0.135. The van der Waals surface area contributed by atoms with Gasteiger partial charge in [0.1, 0.15) is 9.48 Å². The van der Waals surface area contributed by atoms with Crippen LogP contribution in [0.25, 0.3) is 0 Å². The van der Waals surface area contributed by atoms with Gasteiger partial charge in [-0.1, -0.05) is 0 Å². The van der Waals surface area contributed by atoms with Crippen LogP contribution in [0.2, 0.25) is 0 Å². The second-order valence-corrected chi connectivity index (χ2v) is 4.61. The van der Waals surface area contributed by atoms with E-state index < -0.39 is 11.1 Å². The smallest absolute Gasteiger partial charge is 0.222 e. The molecule has 0 aliphatic carbocycles. The van der Waals surface area contributed by atoms with Crippen LogP contribution in [0.4, 0.5) is 13.2 Å². The first-order chi connectivity index (χ1) is 4.91. The lowest BCUT2D eigenvalue weighted by Gasteiger charge is -2.00. The van der Waals surface area contributed by atoms with Crippen LogP contribution < -0.4 is 0 Å². The summed E-state index contributed by atoms with van der Waals surface area (Å²) in [6.07, 6.45) is -4.32.